The summed E-state index contributed by atoms with van der Waals surface area (Å²) >= 11 is 0. The standard InChI is InChI=1S/C17H19N3O6/c1-17(2,3)26-16(24)19-10(15(22)23)7-12-14(21)20-13-9(8-18)5-4-6-11(13)25-12/h4-6,10,12H,7H2,1-3H3,(H,19,24)(H,20,21)(H,22,23)/t10?,12-/m0/s1. The smallest absolute Gasteiger partial charge is 0.408 e. The van der Waals surface area contributed by atoms with E-state index in [0.717, 1.165) is 0 Å². The molecule has 1 unspecified atom stereocenters. The zero-order valence-corrected chi connectivity index (χ0v) is 14.5. The highest BCUT2D eigenvalue weighted by Gasteiger charge is 2.35. The molecule has 1 aromatic rings. The molecular formula is C17H19N3O6. The van der Waals surface area contributed by atoms with E-state index < -0.39 is 35.7 Å². The maximum absolute atomic E-state index is 12.2. The molecule has 0 spiro atoms. The molecule has 9 heteroatoms. The number of para-hydroxylation sites is 1. The maximum atomic E-state index is 12.2. The number of aliphatic carboxylic acids is 1. The lowest BCUT2D eigenvalue weighted by molar-refractivity contribution is -0.140. The van der Waals surface area contributed by atoms with Crippen LogP contribution in [-0.4, -0.2) is 40.8 Å². The SMILES string of the molecule is CC(C)(C)OC(=O)NC(C[C@@H]1Oc2cccc(C#N)c2NC1=O)C(=O)O. The molecule has 0 saturated heterocycles. The topological polar surface area (TPSA) is 138 Å². The fourth-order valence-electron chi connectivity index (χ4n) is 2.30. The summed E-state index contributed by atoms with van der Waals surface area (Å²) in [5.41, 5.74) is -0.322. The van der Waals surface area contributed by atoms with Crippen LogP contribution in [0.15, 0.2) is 18.2 Å². The molecule has 1 heterocycles. The Labute approximate surface area is 149 Å². The van der Waals surface area contributed by atoms with Crippen molar-refractivity contribution in [3.05, 3.63) is 23.8 Å². The van der Waals surface area contributed by atoms with Gasteiger partial charge in [0.05, 0.1) is 5.56 Å². The second-order valence-corrected chi connectivity index (χ2v) is 6.66. The molecule has 1 aliphatic heterocycles. The lowest BCUT2D eigenvalue weighted by atomic mass is 10.1. The first-order chi connectivity index (χ1) is 12.1. The first-order valence-electron chi connectivity index (χ1n) is 7.83. The molecule has 2 atom stereocenters. The first kappa shape index (κ1) is 19.1. The number of nitriles is 1. The summed E-state index contributed by atoms with van der Waals surface area (Å²) in [5.74, 6) is -1.67. The number of rotatable bonds is 4. The number of carbonyl (C=O) groups excluding carboxylic acids is 2. The van der Waals surface area contributed by atoms with E-state index in [-0.39, 0.29) is 23.4 Å². The van der Waals surface area contributed by atoms with Crippen LogP contribution in [0.2, 0.25) is 0 Å². The van der Waals surface area contributed by atoms with Crippen LogP contribution in [0, 0.1) is 11.3 Å². The number of alkyl carbamates (subject to hydrolysis) is 1. The van der Waals surface area contributed by atoms with Gasteiger partial charge < -0.3 is 25.2 Å². The third kappa shape index (κ3) is 4.63. The van der Waals surface area contributed by atoms with Gasteiger partial charge in [-0.1, -0.05) is 6.07 Å². The van der Waals surface area contributed by atoms with Gasteiger partial charge in [-0.15, -0.1) is 0 Å². The van der Waals surface area contributed by atoms with Crippen LogP contribution in [0.5, 0.6) is 5.75 Å². The number of hydrogen-bond donors (Lipinski definition) is 3. The van der Waals surface area contributed by atoms with Crippen LogP contribution in [0.25, 0.3) is 0 Å². The average molecular weight is 361 g/mol. The molecule has 0 aromatic heterocycles. The van der Waals surface area contributed by atoms with Crippen molar-refractivity contribution in [1.29, 1.82) is 5.26 Å². The zero-order valence-electron chi connectivity index (χ0n) is 14.5. The van der Waals surface area contributed by atoms with Crippen molar-refractivity contribution in [3.8, 4) is 11.8 Å². The Balaban J connectivity index is 2.12. The molecule has 0 fully saturated rings. The first-order valence-corrected chi connectivity index (χ1v) is 7.83. The number of nitrogens with zero attached hydrogens (tertiary/aromatic N) is 1. The highest BCUT2D eigenvalue weighted by Crippen LogP contribution is 2.33. The minimum atomic E-state index is -1.39. The second-order valence-electron chi connectivity index (χ2n) is 6.66. The van der Waals surface area contributed by atoms with Crippen molar-refractivity contribution in [1.82, 2.24) is 5.32 Å². The number of ether oxygens (including phenoxy) is 2. The van der Waals surface area contributed by atoms with E-state index in [2.05, 4.69) is 10.6 Å². The fraction of sp³-hybridized carbons (Fsp3) is 0.412. The Morgan fingerprint density at radius 3 is 2.73 bits per heavy atom. The summed E-state index contributed by atoms with van der Waals surface area (Å²) in [6.45, 7) is 4.93. The van der Waals surface area contributed by atoms with Gasteiger partial charge in [-0.05, 0) is 32.9 Å². The van der Waals surface area contributed by atoms with Gasteiger partial charge in [-0.3, -0.25) is 4.79 Å². The molecule has 1 aromatic carbocycles. The van der Waals surface area contributed by atoms with Crippen LogP contribution < -0.4 is 15.4 Å². The second kappa shape index (κ2) is 7.31. The summed E-state index contributed by atoms with van der Waals surface area (Å²) in [6.07, 6.45) is -2.36. The van der Waals surface area contributed by atoms with Crippen LogP contribution in [0.1, 0.15) is 32.8 Å². The molecule has 2 rings (SSSR count). The summed E-state index contributed by atoms with van der Waals surface area (Å²) in [6, 6.07) is 5.21. The van der Waals surface area contributed by atoms with Gasteiger partial charge in [0.25, 0.3) is 5.91 Å². The lowest BCUT2D eigenvalue weighted by Gasteiger charge is -2.28. The van der Waals surface area contributed by atoms with E-state index in [1.165, 1.54) is 6.07 Å². The Morgan fingerprint density at radius 2 is 2.15 bits per heavy atom. The predicted molar refractivity (Wildman–Crippen MR) is 89.6 cm³/mol. The van der Waals surface area contributed by atoms with Gasteiger partial charge in [0, 0.05) is 6.42 Å². The molecule has 26 heavy (non-hydrogen) atoms. The summed E-state index contributed by atoms with van der Waals surface area (Å²) in [7, 11) is 0. The normalized spacial score (nSPS) is 17.0. The van der Waals surface area contributed by atoms with E-state index in [4.69, 9.17) is 14.7 Å². The summed E-state index contributed by atoms with van der Waals surface area (Å²) in [4.78, 5) is 35.4. The van der Waals surface area contributed by atoms with Crippen LogP contribution in [0.3, 0.4) is 0 Å². The minimum Gasteiger partial charge on any atom is -0.480 e. The molecule has 0 radical (unpaired) electrons. The van der Waals surface area contributed by atoms with E-state index in [9.17, 15) is 19.5 Å². The van der Waals surface area contributed by atoms with Gasteiger partial charge in [-0.25, -0.2) is 9.59 Å². The highest BCUT2D eigenvalue weighted by atomic mass is 16.6. The average Bonchev–Trinajstić information content (AvgIpc) is 2.52. The molecule has 0 aliphatic carbocycles. The number of carboxylic acid groups (broad SMARTS) is 1. The number of amides is 2. The Kier molecular flexibility index (Phi) is 5.35. The minimum absolute atomic E-state index is 0.232. The number of carbonyl (C=O) groups is 3. The fourth-order valence-corrected chi connectivity index (χ4v) is 2.30. The maximum Gasteiger partial charge on any atom is 0.408 e. The molecular weight excluding hydrogens is 342 g/mol. The summed E-state index contributed by atoms with van der Waals surface area (Å²) < 4.78 is 10.6. The van der Waals surface area contributed by atoms with Crippen LogP contribution in [-0.2, 0) is 14.3 Å². The van der Waals surface area contributed by atoms with Crippen molar-refractivity contribution in [2.24, 2.45) is 0 Å². The van der Waals surface area contributed by atoms with E-state index >= 15 is 0 Å². The predicted octanol–water partition coefficient (Wildman–Crippen LogP) is 1.63. The number of hydrogen-bond acceptors (Lipinski definition) is 6. The number of fused-ring (bicyclic) bond motifs is 1. The number of benzene rings is 1. The third-order valence-electron chi connectivity index (χ3n) is 3.40. The van der Waals surface area contributed by atoms with Gasteiger partial charge in [0.1, 0.15) is 29.1 Å². The molecule has 2 amide bonds. The monoisotopic (exact) mass is 361 g/mol. The van der Waals surface area contributed by atoms with E-state index in [0.29, 0.717) is 0 Å². The van der Waals surface area contributed by atoms with Crippen molar-refractivity contribution >= 4 is 23.7 Å². The summed E-state index contributed by atoms with van der Waals surface area (Å²) in [5, 5.41) is 23.1. The highest BCUT2D eigenvalue weighted by molar-refractivity contribution is 5.99. The van der Waals surface area contributed by atoms with Crippen molar-refractivity contribution < 1.29 is 29.0 Å². The Morgan fingerprint density at radius 1 is 1.46 bits per heavy atom. The molecule has 0 bridgehead atoms. The quantitative estimate of drug-likeness (QED) is 0.741. The Hall–Kier alpha value is -3.28. The largest absolute Gasteiger partial charge is 0.480 e. The molecule has 0 saturated carbocycles. The Bertz CT molecular complexity index is 778. The van der Waals surface area contributed by atoms with Crippen molar-refractivity contribution in [2.75, 3.05) is 5.32 Å². The van der Waals surface area contributed by atoms with Gasteiger partial charge >= 0.3 is 12.1 Å². The molecule has 9 nitrogen and oxygen atoms in total. The van der Waals surface area contributed by atoms with Gasteiger partial charge in [-0.2, -0.15) is 5.26 Å². The van der Waals surface area contributed by atoms with Crippen molar-refractivity contribution in [3.63, 3.8) is 0 Å². The molecule has 138 valence electrons. The number of anilines is 1. The van der Waals surface area contributed by atoms with Crippen LogP contribution in [0.4, 0.5) is 10.5 Å². The van der Waals surface area contributed by atoms with Gasteiger partial charge in [0.15, 0.2) is 6.10 Å². The van der Waals surface area contributed by atoms with E-state index in [1.54, 1.807) is 32.9 Å². The van der Waals surface area contributed by atoms with Crippen molar-refractivity contribution in [2.45, 2.75) is 44.9 Å². The lowest BCUT2D eigenvalue weighted by Crippen LogP contribution is -2.48. The molecule has 1 aliphatic rings. The zero-order chi connectivity index (χ0) is 19.5. The van der Waals surface area contributed by atoms with Crippen LogP contribution >= 0.6 is 0 Å². The van der Waals surface area contributed by atoms with E-state index in [1.807, 2.05) is 6.07 Å². The number of nitrogens with one attached hydrogen (secondary N) is 2. The van der Waals surface area contributed by atoms with Gasteiger partial charge in [0.2, 0.25) is 0 Å². The third-order valence-corrected chi connectivity index (χ3v) is 3.40. The molecule has 3 N–H and O–H groups in total. The number of carboxylic acids is 1.